The first kappa shape index (κ1) is 16.2. The average Bonchev–Trinajstić information content (AvgIpc) is 2.46. The Morgan fingerprint density at radius 3 is 2.14 bits per heavy atom. The van der Waals surface area contributed by atoms with Crippen LogP contribution < -0.4 is 0 Å². The van der Waals surface area contributed by atoms with Crippen molar-refractivity contribution < 1.29 is 28.0 Å². The van der Waals surface area contributed by atoms with E-state index in [4.69, 9.17) is 0 Å². The molecule has 0 spiro atoms. The third kappa shape index (κ3) is 3.03. The Labute approximate surface area is 123 Å². The van der Waals surface area contributed by atoms with E-state index in [0.29, 0.717) is 0 Å². The first-order valence-electron chi connectivity index (χ1n) is 6.47. The molecule has 22 heavy (non-hydrogen) atoms. The molecule has 0 bridgehead atoms. The minimum absolute atomic E-state index is 0.156. The van der Waals surface area contributed by atoms with Gasteiger partial charge < -0.3 is 10.0 Å². The third-order valence-corrected chi connectivity index (χ3v) is 3.73. The van der Waals surface area contributed by atoms with E-state index in [-0.39, 0.29) is 24.3 Å². The zero-order chi connectivity index (χ0) is 16.5. The van der Waals surface area contributed by atoms with Gasteiger partial charge in [-0.15, -0.1) is 0 Å². The second-order valence-corrected chi connectivity index (χ2v) is 5.13. The van der Waals surface area contributed by atoms with Crippen LogP contribution in [0.4, 0.5) is 18.9 Å². The van der Waals surface area contributed by atoms with Crippen LogP contribution in [-0.2, 0) is 0 Å². The van der Waals surface area contributed by atoms with Crippen LogP contribution in [-0.4, -0.2) is 45.7 Å². The zero-order valence-corrected chi connectivity index (χ0v) is 11.3. The number of carbonyl (C=O) groups is 1. The molecule has 1 aromatic rings. The number of halogens is 3. The molecule has 0 aliphatic carbocycles. The fraction of sp³-hybridized carbons (Fsp3) is 0.462. The Bertz CT molecular complexity index is 578. The summed E-state index contributed by atoms with van der Waals surface area (Å²) in [6, 6.07) is 4.82. The van der Waals surface area contributed by atoms with Gasteiger partial charge in [-0.1, -0.05) is 0 Å². The molecular weight excluding hydrogens is 305 g/mol. The van der Waals surface area contributed by atoms with Gasteiger partial charge in [0.25, 0.3) is 11.6 Å². The van der Waals surface area contributed by atoms with Gasteiger partial charge in [-0.3, -0.25) is 14.9 Å². The molecule has 0 unspecified atom stereocenters. The highest BCUT2D eigenvalue weighted by molar-refractivity contribution is 5.94. The van der Waals surface area contributed by atoms with Gasteiger partial charge in [0.05, 0.1) is 4.92 Å². The van der Waals surface area contributed by atoms with Crippen molar-refractivity contribution in [3.63, 3.8) is 0 Å². The van der Waals surface area contributed by atoms with Crippen LogP contribution in [0, 0.1) is 10.1 Å². The molecule has 1 aromatic carbocycles. The lowest BCUT2D eigenvalue weighted by Crippen LogP contribution is -2.54. The van der Waals surface area contributed by atoms with Gasteiger partial charge in [-0.05, 0) is 12.1 Å². The molecule has 1 saturated heterocycles. The Hall–Kier alpha value is -2.16. The Morgan fingerprint density at radius 1 is 1.23 bits per heavy atom. The van der Waals surface area contributed by atoms with Gasteiger partial charge in [0.15, 0.2) is 5.60 Å². The maximum atomic E-state index is 12.7. The summed E-state index contributed by atoms with van der Waals surface area (Å²) < 4.78 is 38.0. The fourth-order valence-electron chi connectivity index (χ4n) is 2.27. The van der Waals surface area contributed by atoms with Crippen molar-refractivity contribution in [2.75, 3.05) is 13.1 Å². The number of alkyl halides is 3. The standard InChI is InChI=1S/C13H13F3N2O4/c14-13(15,16)12(20)5-7-17(8-6-12)11(19)9-1-3-10(4-2-9)18(21)22/h1-4,20H,5-8H2. The number of rotatable bonds is 2. The number of nitro benzene ring substituents is 1. The van der Waals surface area contributed by atoms with E-state index < -0.39 is 35.4 Å². The monoisotopic (exact) mass is 318 g/mol. The molecule has 120 valence electrons. The molecule has 6 nitrogen and oxygen atoms in total. The molecule has 0 atom stereocenters. The summed E-state index contributed by atoms with van der Waals surface area (Å²) in [5, 5.41) is 20.1. The summed E-state index contributed by atoms with van der Waals surface area (Å²) >= 11 is 0. The molecule has 1 N–H and O–H groups in total. The van der Waals surface area contributed by atoms with Crippen molar-refractivity contribution in [2.24, 2.45) is 0 Å². The number of nitro groups is 1. The molecule has 9 heteroatoms. The Morgan fingerprint density at radius 2 is 1.73 bits per heavy atom. The highest BCUT2D eigenvalue weighted by atomic mass is 19.4. The van der Waals surface area contributed by atoms with Crippen LogP contribution >= 0.6 is 0 Å². The predicted molar refractivity (Wildman–Crippen MR) is 69.2 cm³/mol. The highest BCUT2D eigenvalue weighted by Crippen LogP contribution is 2.38. The maximum absolute atomic E-state index is 12.7. The minimum Gasteiger partial charge on any atom is -0.380 e. The smallest absolute Gasteiger partial charge is 0.380 e. The lowest BCUT2D eigenvalue weighted by atomic mass is 9.90. The number of hydrogen-bond donors (Lipinski definition) is 1. The summed E-state index contributed by atoms with van der Waals surface area (Å²) in [5.41, 5.74) is -2.79. The lowest BCUT2D eigenvalue weighted by Gasteiger charge is -2.39. The van der Waals surface area contributed by atoms with E-state index in [1.807, 2.05) is 0 Å². The highest BCUT2D eigenvalue weighted by Gasteiger charge is 2.54. The predicted octanol–water partition coefficient (Wildman–Crippen LogP) is 2.12. The molecule has 0 saturated carbocycles. The number of carbonyl (C=O) groups excluding carboxylic acids is 1. The molecule has 1 heterocycles. The van der Waals surface area contributed by atoms with Crippen molar-refractivity contribution in [2.45, 2.75) is 24.6 Å². The third-order valence-electron chi connectivity index (χ3n) is 3.73. The Kier molecular flexibility index (Phi) is 4.10. The molecule has 0 radical (unpaired) electrons. The van der Waals surface area contributed by atoms with E-state index in [1.54, 1.807) is 0 Å². The van der Waals surface area contributed by atoms with Gasteiger partial charge in [0, 0.05) is 43.6 Å². The molecule has 2 rings (SSSR count). The summed E-state index contributed by atoms with van der Waals surface area (Å²) in [4.78, 5) is 23.2. The van der Waals surface area contributed by atoms with E-state index in [9.17, 15) is 33.2 Å². The molecule has 1 fully saturated rings. The first-order valence-corrected chi connectivity index (χ1v) is 6.47. The second-order valence-electron chi connectivity index (χ2n) is 5.13. The molecule has 0 aromatic heterocycles. The van der Waals surface area contributed by atoms with Crippen LogP contribution in [0.1, 0.15) is 23.2 Å². The summed E-state index contributed by atoms with van der Waals surface area (Å²) in [6.45, 7) is -0.461. The number of non-ortho nitro benzene ring substituents is 1. The maximum Gasteiger partial charge on any atom is 0.417 e. The van der Waals surface area contributed by atoms with E-state index >= 15 is 0 Å². The number of piperidine rings is 1. The number of nitrogens with zero attached hydrogens (tertiary/aromatic N) is 2. The van der Waals surface area contributed by atoms with Crippen molar-refractivity contribution in [3.05, 3.63) is 39.9 Å². The van der Waals surface area contributed by atoms with Crippen LogP contribution in [0.5, 0.6) is 0 Å². The van der Waals surface area contributed by atoms with Crippen LogP contribution in [0.15, 0.2) is 24.3 Å². The van der Waals surface area contributed by atoms with Gasteiger partial charge in [-0.25, -0.2) is 0 Å². The SMILES string of the molecule is O=C(c1ccc([N+](=O)[O-])cc1)N1CCC(O)(C(F)(F)F)CC1. The normalized spacial score (nSPS) is 18.1. The van der Waals surface area contributed by atoms with Crippen LogP contribution in [0.3, 0.4) is 0 Å². The quantitative estimate of drug-likeness (QED) is 0.669. The fourth-order valence-corrected chi connectivity index (χ4v) is 2.27. The van der Waals surface area contributed by atoms with Gasteiger partial charge in [-0.2, -0.15) is 13.2 Å². The Balaban J connectivity index is 2.05. The van der Waals surface area contributed by atoms with Crippen molar-refractivity contribution in [1.82, 2.24) is 4.90 Å². The van der Waals surface area contributed by atoms with Crippen LogP contribution in [0.2, 0.25) is 0 Å². The number of hydrogen-bond acceptors (Lipinski definition) is 4. The molecule has 1 aliphatic rings. The number of likely N-dealkylation sites (tertiary alicyclic amines) is 1. The summed E-state index contributed by atoms with van der Waals surface area (Å²) in [6.07, 6.45) is -5.90. The molecule has 1 amide bonds. The second kappa shape index (κ2) is 5.56. The van der Waals surface area contributed by atoms with Crippen molar-refractivity contribution in [3.8, 4) is 0 Å². The zero-order valence-electron chi connectivity index (χ0n) is 11.3. The van der Waals surface area contributed by atoms with Gasteiger partial charge in [0.2, 0.25) is 0 Å². The topological polar surface area (TPSA) is 83.7 Å². The summed E-state index contributed by atoms with van der Waals surface area (Å²) in [5.74, 6) is -0.515. The number of aliphatic hydroxyl groups is 1. The van der Waals surface area contributed by atoms with E-state index in [0.717, 1.165) is 12.1 Å². The van der Waals surface area contributed by atoms with E-state index in [1.165, 1.54) is 17.0 Å². The number of benzene rings is 1. The van der Waals surface area contributed by atoms with Crippen molar-refractivity contribution >= 4 is 11.6 Å². The van der Waals surface area contributed by atoms with Gasteiger partial charge in [0.1, 0.15) is 0 Å². The lowest BCUT2D eigenvalue weighted by molar-refractivity contribution is -0.384. The van der Waals surface area contributed by atoms with E-state index in [2.05, 4.69) is 0 Å². The van der Waals surface area contributed by atoms with Gasteiger partial charge >= 0.3 is 6.18 Å². The largest absolute Gasteiger partial charge is 0.417 e. The van der Waals surface area contributed by atoms with Crippen LogP contribution in [0.25, 0.3) is 0 Å². The van der Waals surface area contributed by atoms with Crippen molar-refractivity contribution in [1.29, 1.82) is 0 Å². The number of amides is 1. The average molecular weight is 318 g/mol. The summed E-state index contributed by atoms with van der Waals surface area (Å²) in [7, 11) is 0. The first-order chi connectivity index (χ1) is 10.1. The molecule has 1 aliphatic heterocycles. The minimum atomic E-state index is -4.73. The molecular formula is C13H13F3N2O4.